The Kier molecular flexibility index (Phi) is 7.14. The number of rotatable bonds is 6. The van der Waals surface area contributed by atoms with Crippen LogP contribution in [0.5, 0.6) is 0 Å². The van der Waals surface area contributed by atoms with Crippen molar-refractivity contribution in [1.29, 1.82) is 0 Å². The van der Waals surface area contributed by atoms with E-state index in [0.717, 1.165) is 72.1 Å². The molecule has 3 nitrogen and oxygen atoms in total. The average Bonchev–Trinajstić information content (AvgIpc) is 3.96. The second-order valence-electron chi connectivity index (χ2n) is 15.1. The summed E-state index contributed by atoms with van der Waals surface area (Å²) in [7, 11) is 0. The number of hydrogen-bond acceptors (Lipinski definition) is 3. The normalized spacial score (nSPS) is 13.0. The molecule has 0 amide bonds. The zero-order chi connectivity index (χ0) is 38.2. The van der Waals surface area contributed by atoms with Crippen molar-refractivity contribution in [1.82, 2.24) is 0 Å². The molecule has 58 heavy (non-hydrogen) atoms. The van der Waals surface area contributed by atoms with Crippen molar-refractivity contribution >= 4 is 60.9 Å². The van der Waals surface area contributed by atoms with Crippen LogP contribution in [0.4, 0.5) is 17.1 Å². The van der Waals surface area contributed by atoms with E-state index in [1.165, 1.54) is 33.4 Å². The number of anilines is 3. The molecule has 0 saturated carbocycles. The summed E-state index contributed by atoms with van der Waals surface area (Å²) in [6, 6.07) is 76.2. The highest BCUT2D eigenvalue weighted by Gasteiger charge is 2.47. The largest absolute Gasteiger partial charge is 0.456 e. The van der Waals surface area contributed by atoms with Gasteiger partial charge in [-0.25, -0.2) is 0 Å². The molecule has 0 atom stereocenters. The fraction of sp³-hybridized carbons (Fsp3) is 0.0182. The van der Waals surface area contributed by atoms with Crippen molar-refractivity contribution < 1.29 is 8.83 Å². The maximum Gasteiger partial charge on any atom is 0.143 e. The molecular formula is C55H35NO2. The number of furan rings is 2. The quantitative estimate of drug-likeness (QED) is 0.170. The molecule has 0 saturated heterocycles. The Hall–Kier alpha value is -7.62. The van der Waals surface area contributed by atoms with Gasteiger partial charge in [0.25, 0.3) is 0 Å². The van der Waals surface area contributed by atoms with Crippen LogP contribution in [0.1, 0.15) is 22.3 Å². The smallest absolute Gasteiger partial charge is 0.143 e. The Morgan fingerprint density at radius 2 is 0.966 bits per heavy atom. The van der Waals surface area contributed by atoms with Gasteiger partial charge in [-0.15, -0.1) is 0 Å². The van der Waals surface area contributed by atoms with Crippen LogP contribution in [0.25, 0.3) is 66.1 Å². The van der Waals surface area contributed by atoms with Crippen LogP contribution in [0.15, 0.2) is 221 Å². The van der Waals surface area contributed by atoms with Gasteiger partial charge in [-0.3, -0.25) is 0 Å². The molecule has 0 fully saturated rings. The lowest BCUT2D eigenvalue weighted by atomic mass is 9.68. The molecule has 0 N–H and O–H groups in total. The second kappa shape index (κ2) is 12.7. The van der Waals surface area contributed by atoms with Crippen molar-refractivity contribution in [3.05, 3.63) is 235 Å². The molecule has 2 heterocycles. The first-order valence-electron chi connectivity index (χ1n) is 19.8. The third-order valence-corrected chi connectivity index (χ3v) is 12.1. The number of hydrogen-bond donors (Lipinski definition) is 0. The highest BCUT2D eigenvalue weighted by Crippen LogP contribution is 2.60. The van der Waals surface area contributed by atoms with E-state index in [1.54, 1.807) is 0 Å². The maximum absolute atomic E-state index is 6.71. The van der Waals surface area contributed by atoms with Gasteiger partial charge in [-0.05, 0) is 75.8 Å². The molecule has 272 valence electrons. The molecular weight excluding hydrogens is 707 g/mol. The van der Waals surface area contributed by atoms with E-state index in [0.29, 0.717) is 0 Å². The monoisotopic (exact) mass is 741 g/mol. The number of fused-ring (bicyclic) bond motifs is 9. The van der Waals surface area contributed by atoms with Crippen LogP contribution in [-0.4, -0.2) is 0 Å². The van der Waals surface area contributed by atoms with E-state index in [2.05, 4.69) is 211 Å². The van der Waals surface area contributed by atoms with Crippen LogP contribution >= 0.6 is 0 Å². The lowest BCUT2D eigenvalue weighted by Crippen LogP contribution is -2.28. The van der Waals surface area contributed by atoms with Crippen LogP contribution in [0.2, 0.25) is 0 Å². The molecule has 1 aliphatic carbocycles. The minimum atomic E-state index is -0.539. The first-order valence-corrected chi connectivity index (χ1v) is 19.8. The van der Waals surface area contributed by atoms with Crippen molar-refractivity contribution in [3.8, 4) is 22.3 Å². The molecule has 0 spiro atoms. The summed E-state index contributed by atoms with van der Waals surface area (Å²) in [5, 5.41) is 4.30. The molecule has 12 rings (SSSR count). The molecule has 2 aromatic heterocycles. The summed E-state index contributed by atoms with van der Waals surface area (Å²) in [6.45, 7) is 0. The first kappa shape index (κ1) is 32.6. The van der Waals surface area contributed by atoms with E-state index >= 15 is 0 Å². The molecule has 0 radical (unpaired) electrons. The maximum atomic E-state index is 6.71. The molecule has 11 aromatic rings. The van der Waals surface area contributed by atoms with Gasteiger partial charge in [-0.1, -0.05) is 170 Å². The molecule has 0 aliphatic heterocycles. The minimum absolute atomic E-state index is 0.539. The van der Waals surface area contributed by atoms with Crippen LogP contribution < -0.4 is 4.90 Å². The third kappa shape index (κ3) is 4.62. The summed E-state index contributed by atoms with van der Waals surface area (Å²) in [5.41, 5.74) is 15.7. The Morgan fingerprint density at radius 3 is 1.78 bits per heavy atom. The lowest BCUT2D eigenvalue weighted by molar-refractivity contribution is 0.669. The van der Waals surface area contributed by atoms with Crippen molar-refractivity contribution in [2.75, 3.05) is 4.90 Å². The van der Waals surface area contributed by atoms with Crippen LogP contribution in [-0.2, 0) is 5.41 Å². The SMILES string of the molecule is c1ccc(-c2cccc3c2oc2ccc(N(c4cccc5c4-c4ccccc4C5(c4ccccc4)c4ccccc4)c4cccc5oc6ccccc6c45)cc23)cc1. The van der Waals surface area contributed by atoms with Gasteiger partial charge in [-0.2, -0.15) is 0 Å². The van der Waals surface area contributed by atoms with Gasteiger partial charge in [0.1, 0.15) is 22.3 Å². The van der Waals surface area contributed by atoms with E-state index in [-0.39, 0.29) is 0 Å². The van der Waals surface area contributed by atoms with Gasteiger partial charge in [0.05, 0.1) is 22.2 Å². The summed E-state index contributed by atoms with van der Waals surface area (Å²) in [4.78, 5) is 2.45. The summed E-state index contributed by atoms with van der Waals surface area (Å²) >= 11 is 0. The lowest BCUT2D eigenvalue weighted by Gasteiger charge is -2.34. The van der Waals surface area contributed by atoms with Gasteiger partial charge in [0, 0.05) is 33.0 Å². The van der Waals surface area contributed by atoms with E-state index in [9.17, 15) is 0 Å². The summed E-state index contributed by atoms with van der Waals surface area (Å²) < 4.78 is 13.3. The summed E-state index contributed by atoms with van der Waals surface area (Å²) in [5.74, 6) is 0. The zero-order valence-electron chi connectivity index (χ0n) is 31.5. The topological polar surface area (TPSA) is 29.5 Å². The second-order valence-corrected chi connectivity index (χ2v) is 15.1. The van der Waals surface area contributed by atoms with Crippen molar-refractivity contribution in [2.24, 2.45) is 0 Å². The van der Waals surface area contributed by atoms with Gasteiger partial charge < -0.3 is 13.7 Å². The Labute approximate surface area is 335 Å². The average molecular weight is 742 g/mol. The molecule has 0 bridgehead atoms. The van der Waals surface area contributed by atoms with E-state index in [1.807, 2.05) is 6.07 Å². The van der Waals surface area contributed by atoms with Gasteiger partial charge in [0.2, 0.25) is 0 Å². The minimum Gasteiger partial charge on any atom is -0.456 e. The number of benzene rings is 9. The first-order chi connectivity index (χ1) is 28.8. The predicted octanol–water partition coefficient (Wildman–Crippen LogP) is 15.0. The summed E-state index contributed by atoms with van der Waals surface area (Å²) in [6.07, 6.45) is 0. The Morgan fingerprint density at radius 1 is 0.379 bits per heavy atom. The number of nitrogens with zero attached hydrogens (tertiary/aromatic N) is 1. The van der Waals surface area contributed by atoms with Gasteiger partial charge in [0.15, 0.2) is 0 Å². The van der Waals surface area contributed by atoms with Crippen molar-refractivity contribution in [2.45, 2.75) is 5.41 Å². The fourth-order valence-corrected chi connectivity index (χ4v) is 9.78. The molecule has 9 aromatic carbocycles. The van der Waals surface area contributed by atoms with Crippen molar-refractivity contribution in [3.63, 3.8) is 0 Å². The number of para-hydroxylation sites is 2. The predicted molar refractivity (Wildman–Crippen MR) is 238 cm³/mol. The Bertz CT molecular complexity index is 3300. The van der Waals surface area contributed by atoms with Crippen LogP contribution in [0.3, 0.4) is 0 Å². The Balaban J connectivity index is 1.18. The van der Waals surface area contributed by atoms with Crippen LogP contribution in [0, 0.1) is 0 Å². The molecule has 0 unspecified atom stereocenters. The van der Waals surface area contributed by atoms with Gasteiger partial charge >= 0.3 is 0 Å². The molecule has 3 heteroatoms. The molecule has 1 aliphatic rings. The highest BCUT2D eigenvalue weighted by atomic mass is 16.3. The highest BCUT2D eigenvalue weighted by molar-refractivity contribution is 6.15. The zero-order valence-corrected chi connectivity index (χ0v) is 31.5. The fourth-order valence-electron chi connectivity index (χ4n) is 9.78. The van der Waals surface area contributed by atoms with E-state index < -0.39 is 5.41 Å². The third-order valence-electron chi connectivity index (χ3n) is 12.1. The standard InChI is InChI=1S/C55H35NO2/c1-4-17-36(18-5-1)40-25-14-26-41-44-35-39(33-34-50(44)58-54(40)41)56(48-30-16-32-51-53(48)43-24-11-13-31-49(43)57-51)47-29-15-28-46-52(47)42-23-10-12-27-45(42)55(46,37-19-6-2-7-20-37)38-21-8-3-9-22-38/h1-35H. The van der Waals surface area contributed by atoms with E-state index in [4.69, 9.17) is 8.83 Å².